The van der Waals surface area contributed by atoms with E-state index < -0.39 is 5.82 Å². The molecule has 1 aromatic carbocycles. The summed E-state index contributed by atoms with van der Waals surface area (Å²) in [6.07, 6.45) is 1.60. The lowest BCUT2D eigenvalue weighted by molar-refractivity contribution is -0.142. The van der Waals surface area contributed by atoms with E-state index in [2.05, 4.69) is 15.0 Å². The van der Waals surface area contributed by atoms with Crippen LogP contribution < -0.4 is 4.74 Å². The normalized spacial score (nSPS) is 10.3. The second-order valence-corrected chi connectivity index (χ2v) is 6.33. The van der Waals surface area contributed by atoms with Gasteiger partial charge in [0.05, 0.1) is 29.6 Å². The van der Waals surface area contributed by atoms with E-state index in [9.17, 15) is 9.18 Å². The van der Waals surface area contributed by atoms with Crippen LogP contribution in [0, 0.1) is 24.1 Å². The highest BCUT2D eigenvalue weighted by atomic mass is 19.1. The molecule has 152 valence electrons. The van der Waals surface area contributed by atoms with Crippen LogP contribution in [0.5, 0.6) is 5.88 Å². The number of carbonyl (C=O) groups is 1. The van der Waals surface area contributed by atoms with Crippen LogP contribution in [0.3, 0.4) is 0 Å². The van der Waals surface area contributed by atoms with Gasteiger partial charge >= 0.3 is 5.97 Å². The third-order valence-corrected chi connectivity index (χ3v) is 4.19. The van der Waals surface area contributed by atoms with Crippen LogP contribution in [0.25, 0.3) is 11.3 Å². The van der Waals surface area contributed by atoms with Crippen LogP contribution >= 0.6 is 0 Å². The number of rotatable bonds is 7. The molecule has 2 heterocycles. The molecule has 7 nitrogen and oxygen atoms in total. The number of benzene rings is 1. The number of pyridine rings is 1. The Kier molecular flexibility index (Phi) is 6.65. The fraction of sp³-hybridized carbons (Fsp3) is 0.227. The second kappa shape index (κ2) is 9.56. The second-order valence-electron chi connectivity index (χ2n) is 6.33. The van der Waals surface area contributed by atoms with E-state index in [1.54, 1.807) is 38.2 Å². The first-order valence-electron chi connectivity index (χ1n) is 9.27. The summed E-state index contributed by atoms with van der Waals surface area (Å²) in [7, 11) is 0. The summed E-state index contributed by atoms with van der Waals surface area (Å²) in [5.41, 5.74) is 2.51. The van der Waals surface area contributed by atoms with Gasteiger partial charge in [0.25, 0.3) is 0 Å². The highest BCUT2D eigenvalue weighted by molar-refractivity contribution is 5.71. The molecule has 0 aliphatic heterocycles. The van der Waals surface area contributed by atoms with E-state index >= 15 is 0 Å². The standard InChI is InChI=1S/C22H19FN4O3/c1-3-29-22(28)10-20-25-12-17(14(2)26-20)19-5-4-6-21(27-19)30-13-16-8-7-15(11-24)9-18(16)23/h4-9,12H,3,10,13H2,1-2H3. The van der Waals surface area contributed by atoms with Crippen molar-refractivity contribution >= 4 is 5.97 Å². The Labute approximate surface area is 173 Å². The lowest BCUT2D eigenvalue weighted by atomic mass is 10.1. The molecule has 2 aromatic heterocycles. The van der Waals surface area contributed by atoms with Gasteiger partial charge < -0.3 is 9.47 Å². The van der Waals surface area contributed by atoms with Crippen molar-refractivity contribution in [2.75, 3.05) is 6.61 Å². The minimum Gasteiger partial charge on any atom is -0.473 e. The van der Waals surface area contributed by atoms with Gasteiger partial charge in [-0.1, -0.05) is 12.1 Å². The molecule has 0 spiro atoms. The molecule has 0 saturated carbocycles. The highest BCUT2D eigenvalue weighted by Crippen LogP contribution is 2.22. The van der Waals surface area contributed by atoms with Crippen LogP contribution in [0.2, 0.25) is 0 Å². The summed E-state index contributed by atoms with van der Waals surface area (Å²) in [6, 6.07) is 11.3. The van der Waals surface area contributed by atoms with Crippen molar-refractivity contribution in [2.45, 2.75) is 26.9 Å². The first kappa shape index (κ1) is 20.9. The largest absolute Gasteiger partial charge is 0.473 e. The zero-order chi connectivity index (χ0) is 21.5. The third kappa shape index (κ3) is 5.14. The maximum Gasteiger partial charge on any atom is 0.313 e. The fourth-order valence-electron chi connectivity index (χ4n) is 2.72. The molecular formula is C22H19FN4O3. The Balaban J connectivity index is 1.74. The molecule has 0 aliphatic carbocycles. The molecule has 0 fully saturated rings. The topological polar surface area (TPSA) is 98.0 Å². The fourth-order valence-corrected chi connectivity index (χ4v) is 2.72. The Bertz CT molecular complexity index is 1110. The summed E-state index contributed by atoms with van der Waals surface area (Å²) in [6.45, 7) is 3.82. The quantitative estimate of drug-likeness (QED) is 0.554. The van der Waals surface area contributed by atoms with Gasteiger partial charge in [0.1, 0.15) is 24.7 Å². The zero-order valence-electron chi connectivity index (χ0n) is 16.6. The molecule has 0 N–H and O–H groups in total. The third-order valence-electron chi connectivity index (χ3n) is 4.19. The van der Waals surface area contributed by atoms with E-state index in [-0.39, 0.29) is 24.6 Å². The number of hydrogen-bond donors (Lipinski definition) is 0. The summed E-state index contributed by atoms with van der Waals surface area (Å²) in [5, 5.41) is 8.82. The summed E-state index contributed by atoms with van der Waals surface area (Å²) >= 11 is 0. The minimum atomic E-state index is -0.508. The van der Waals surface area contributed by atoms with Crippen LogP contribution in [0.4, 0.5) is 4.39 Å². The minimum absolute atomic E-state index is 0.00168. The van der Waals surface area contributed by atoms with E-state index in [1.165, 1.54) is 18.2 Å². The molecule has 0 saturated heterocycles. The van der Waals surface area contributed by atoms with Gasteiger partial charge in [-0.15, -0.1) is 0 Å². The van der Waals surface area contributed by atoms with Crippen molar-refractivity contribution in [3.8, 4) is 23.2 Å². The first-order valence-corrected chi connectivity index (χ1v) is 9.27. The smallest absolute Gasteiger partial charge is 0.313 e. The highest BCUT2D eigenvalue weighted by Gasteiger charge is 2.12. The van der Waals surface area contributed by atoms with Gasteiger partial charge in [0.2, 0.25) is 5.88 Å². The number of ether oxygens (including phenoxy) is 2. The van der Waals surface area contributed by atoms with Gasteiger partial charge in [-0.3, -0.25) is 4.79 Å². The Morgan fingerprint density at radius 3 is 2.77 bits per heavy atom. The summed E-state index contributed by atoms with van der Waals surface area (Å²) in [4.78, 5) is 24.6. The van der Waals surface area contributed by atoms with Gasteiger partial charge in [0, 0.05) is 23.4 Å². The molecule has 8 heteroatoms. The van der Waals surface area contributed by atoms with Crippen molar-refractivity contribution in [1.29, 1.82) is 5.26 Å². The average molecular weight is 406 g/mol. The van der Waals surface area contributed by atoms with Crippen molar-refractivity contribution in [2.24, 2.45) is 0 Å². The lowest BCUT2D eigenvalue weighted by Gasteiger charge is -2.10. The monoisotopic (exact) mass is 406 g/mol. The van der Waals surface area contributed by atoms with Crippen molar-refractivity contribution < 1.29 is 18.7 Å². The van der Waals surface area contributed by atoms with E-state index in [4.69, 9.17) is 14.7 Å². The maximum absolute atomic E-state index is 14.0. The SMILES string of the molecule is CCOC(=O)Cc1ncc(-c2cccc(OCc3ccc(C#N)cc3F)n2)c(C)n1. The molecule has 0 bridgehead atoms. The average Bonchev–Trinajstić information content (AvgIpc) is 2.73. The summed E-state index contributed by atoms with van der Waals surface area (Å²) in [5.74, 6) is -0.204. The Morgan fingerprint density at radius 1 is 1.23 bits per heavy atom. The Morgan fingerprint density at radius 2 is 2.07 bits per heavy atom. The van der Waals surface area contributed by atoms with Gasteiger partial charge in [-0.2, -0.15) is 5.26 Å². The molecule has 30 heavy (non-hydrogen) atoms. The van der Waals surface area contributed by atoms with Crippen LogP contribution in [0.15, 0.2) is 42.6 Å². The number of hydrogen-bond acceptors (Lipinski definition) is 7. The number of halogens is 1. The number of aryl methyl sites for hydroxylation is 1. The predicted octanol–water partition coefficient (Wildman–Crippen LogP) is 3.54. The number of aromatic nitrogens is 3. The van der Waals surface area contributed by atoms with Gasteiger partial charge in [-0.05, 0) is 32.0 Å². The van der Waals surface area contributed by atoms with Crippen molar-refractivity contribution in [3.05, 3.63) is 71.1 Å². The molecule has 0 radical (unpaired) electrons. The molecule has 0 aliphatic rings. The van der Waals surface area contributed by atoms with Crippen molar-refractivity contribution in [1.82, 2.24) is 15.0 Å². The molecule has 0 atom stereocenters. The van der Waals surface area contributed by atoms with Gasteiger partial charge in [0.15, 0.2) is 0 Å². The molecule has 3 aromatic rings. The Hall–Kier alpha value is -3.86. The number of nitrogens with zero attached hydrogens (tertiary/aromatic N) is 4. The molecule has 3 rings (SSSR count). The van der Waals surface area contributed by atoms with Crippen LogP contribution in [-0.4, -0.2) is 27.5 Å². The van der Waals surface area contributed by atoms with E-state index in [1.807, 2.05) is 6.07 Å². The molecule has 0 amide bonds. The number of esters is 1. The number of carbonyl (C=O) groups excluding carboxylic acids is 1. The molecule has 0 unspecified atom stereocenters. The zero-order valence-corrected chi connectivity index (χ0v) is 16.6. The molecular weight excluding hydrogens is 387 g/mol. The van der Waals surface area contributed by atoms with Gasteiger partial charge in [-0.25, -0.2) is 19.3 Å². The summed E-state index contributed by atoms with van der Waals surface area (Å²) < 4.78 is 24.5. The van der Waals surface area contributed by atoms with E-state index in [0.29, 0.717) is 40.8 Å². The van der Waals surface area contributed by atoms with E-state index in [0.717, 1.165) is 0 Å². The van der Waals surface area contributed by atoms with Crippen molar-refractivity contribution in [3.63, 3.8) is 0 Å². The first-order chi connectivity index (χ1) is 14.5. The number of nitriles is 1. The maximum atomic E-state index is 14.0. The predicted molar refractivity (Wildman–Crippen MR) is 106 cm³/mol. The van der Waals surface area contributed by atoms with Crippen LogP contribution in [-0.2, 0) is 22.6 Å². The van der Waals surface area contributed by atoms with Crippen LogP contribution in [0.1, 0.15) is 29.6 Å². The lowest BCUT2D eigenvalue weighted by Crippen LogP contribution is -2.11.